The van der Waals surface area contributed by atoms with Gasteiger partial charge >= 0.3 is 13.5 Å². The summed E-state index contributed by atoms with van der Waals surface area (Å²) in [4.78, 5) is 64.5. The summed E-state index contributed by atoms with van der Waals surface area (Å²) in [6.07, 6.45) is 2.69. The minimum absolute atomic E-state index is 0.00177. The Kier molecular flexibility index (Phi) is 8.77. The van der Waals surface area contributed by atoms with Crippen LogP contribution in [0.15, 0.2) is 40.7 Å². The maximum Gasteiger partial charge on any atom is 0.383 e. The smallest absolute Gasteiger partial charge is 0.369 e. The van der Waals surface area contributed by atoms with Crippen LogP contribution in [0.5, 0.6) is 0 Å². The highest BCUT2D eigenvalue weighted by molar-refractivity contribution is 8.44. The standard InChI is InChI=1S/C22H26N8O10P2S2/c23-22-27-19-18(20(31)28-22)26-10-29(19)16-2-1-11(38-16)7-37-42(35,44)40-14-5-17(39-15(14)8-36-41(33,34)43)30-9-25-13-6-24-4-3-12(13)21(30)32/h3-4,6,9-11,14-17H,1-2,5,7-8H2,(H,35,44)(H2,33,34,43)(H3,23,27,28,31)/t11-,14-,15?,16+,17+,42?/m0/s1. The van der Waals surface area contributed by atoms with E-state index in [0.717, 1.165) is 0 Å². The van der Waals surface area contributed by atoms with Crippen molar-refractivity contribution in [2.75, 3.05) is 18.9 Å². The molecule has 236 valence electrons. The Balaban J connectivity index is 1.12. The zero-order valence-electron chi connectivity index (χ0n) is 22.5. The first kappa shape index (κ1) is 31.4. The lowest BCUT2D eigenvalue weighted by atomic mass is 10.2. The lowest BCUT2D eigenvalue weighted by molar-refractivity contribution is -0.0428. The fourth-order valence-electron chi connectivity index (χ4n) is 5.04. The van der Waals surface area contributed by atoms with Crippen LogP contribution < -0.4 is 16.9 Å². The van der Waals surface area contributed by atoms with Crippen molar-refractivity contribution in [3.8, 4) is 0 Å². The van der Waals surface area contributed by atoms with Gasteiger partial charge in [0.2, 0.25) is 5.95 Å². The van der Waals surface area contributed by atoms with Crippen molar-refractivity contribution in [2.24, 2.45) is 0 Å². The van der Waals surface area contributed by atoms with E-state index in [4.69, 9.17) is 40.6 Å². The van der Waals surface area contributed by atoms with Gasteiger partial charge < -0.3 is 34.0 Å². The van der Waals surface area contributed by atoms with Gasteiger partial charge in [-0.1, -0.05) is 12.2 Å². The fraction of sp³-hybridized carbons (Fsp3) is 0.455. The van der Waals surface area contributed by atoms with Crippen LogP contribution in [-0.2, 0) is 39.4 Å². The highest BCUT2D eigenvalue weighted by atomic mass is 32.7. The summed E-state index contributed by atoms with van der Waals surface area (Å²) in [7, 11) is 0. The van der Waals surface area contributed by atoms with Crippen molar-refractivity contribution in [1.82, 2.24) is 34.1 Å². The molecule has 2 aliphatic heterocycles. The number of aromatic amines is 1. The van der Waals surface area contributed by atoms with E-state index in [-0.39, 0.29) is 30.1 Å². The number of nitrogen functional groups attached to an aromatic ring is 1. The third kappa shape index (κ3) is 6.80. The molecule has 7 atom stereocenters. The molecule has 44 heavy (non-hydrogen) atoms. The number of pyridine rings is 1. The Morgan fingerprint density at radius 1 is 1.14 bits per heavy atom. The van der Waals surface area contributed by atoms with Crippen LogP contribution >= 0.6 is 25.8 Å². The molecule has 0 radical (unpaired) electrons. The number of anilines is 1. The van der Waals surface area contributed by atoms with Crippen LogP contribution in [0.25, 0.3) is 22.1 Å². The maximum absolute atomic E-state index is 13.1. The first-order valence-corrected chi connectivity index (χ1v) is 18.4. The van der Waals surface area contributed by atoms with E-state index >= 15 is 0 Å². The van der Waals surface area contributed by atoms with Crippen LogP contribution in [0.4, 0.5) is 5.95 Å². The zero-order chi connectivity index (χ0) is 31.2. The van der Waals surface area contributed by atoms with Gasteiger partial charge in [0.1, 0.15) is 24.9 Å². The van der Waals surface area contributed by atoms with Crippen molar-refractivity contribution in [3.05, 3.63) is 51.8 Å². The normalized spacial score (nSPS) is 26.7. The van der Waals surface area contributed by atoms with Gasteiger partial charge in [-0.25, -0.2) is 14.5 Å². The zero-order valence-corrected chi connectivity index (χ0v) is 26.0. The summed E-state index contributed by atoms with van der Waals surface area (Å²) in [6.45, 7) is -8.72. The highest BCUT2D eigenvalue weighted by Gasteiger charge is 2.42. The number of H-pyrrole nitrogens is 1. The molecule has 0 spiro atoms. The molecular formula is C22H26N8O10P2S2. The summed E-state index contributed by atoms with van der Waals surface area (Å²) in [5.41, 5.74) is 5.57. The second-order valence-corrected chi connectivity index (χ2v) is 15.5. The molecule has 6 heterocycles. The summed E-state index contributed by atoms with van der Waals surface area (Å²) in [5.74, 6) is -0.0580. The number of ether oxygens (including phenoxy) is 2. The van der Waals surface area contributed by atoms with E-state index in [1.165, 1.54) is 35.7 Å². The molecule has 2 saturated heterocycles. The third-order valence-electron chi connectivity index (χ3n) is 7.02. The Morgan fingerprint density at radius 3 is 2.73 bits per heavy atom. The molecule has 0 bridgehead atoms. The molecule has 0 amide bonds. The number of nitrogens with one attached hydrogen (secondary N) is 1. The molecule has 22 heteroatoms. The second-order valence-electron chi connectivity index (χ2n) is 9.97. The van der Waals surface area contributed by atoms with E-state index < -0.39 is 62.0 Å². The molecule has 5 N–H and O–H groups in total. The van der Waals surface area contributed by atoms with E-state index in [2.05, 4.69) is 37.2 Å². The molecule has 0 saturated carbocycles. The first-order valence-electron chi connectivity index (χ1n) is 13.1. The fourth-order valence-corrected chi connectivity index (χ4v) is 7.08. The van der Waals surface area contributed by atoms with Gasteiger partial charge in [-0.15, -0.1) is 0 Å². The van der Waals surface area contributed by atoms with E-state index in [9.17, 15) is 23.9 Å². The summed E-state index contributed by atoms with van der Waals surface area (Å²) in [6, 6.07) is 1.52. The molecule has 4 aromatic rings. The first-order chi connectivity index (χ1) is 20.9. The molecule has 0 aliphatic carbocycles. The van der Waals surface area contributed by atoms with E-state index in [1.54, 1.807) is 4.57 Å². The van der Waals surface area contributed by atoms with E-state index in [0.29, 0.717) is 23.7 Å². The number of hydrogen-bond donors (Lipinski definition) is 5. The molecule has 0 aromatic carbocycles. The van der Waals surface area contributed by atoms with Crippen molar-refractivity contribution in [3.63, 3.8) is 0 Å². The summed E-state index contributed by atoms with van der Waals surface area (Å²) >= 11 is 8.78. The van der Waals surface area contributed by atoms with Crippen molar-refractivity contribution in [2.45, 2.75) is 50.0 Å². The maximum atomic E-state index is 13.1. The van der Waals surface area contributed by atoms with E-state index in [1.807, 2.05) is 0 Å². The number of imidazole rings is 1. The molecule has 6 rings (SSSR count). The third-order valence-corrected chi connectivity index (χ3v) is 9.44. The second kappa shape index (κ2) is 12.3. The van der Waals surface area contributed by atoms with Crippen LogP contribution in [0.1, 0.15) is 31.7 Å². The van der Waals surface area contributed by atoms with Crippen LogP contribution in [0.3, 0.4) is 0 Å². The van der Waals surface area contributed by atoms with Crippen molar-refractivity contribution in [1.29, 1.82) is 0 Å². The number of thiol groups is 1. The molecule has 2 fully saturated rings. The number of nitrogens with two attached hydrogens (primary N) is 1. The average Bonchev–Trinajstić information content (AvgIpc) is 3.69. The van der Waals surface area contributed by atoms with Crippen molar-refractivity contribution < 1.29 is 37.4 Å². The van der Waals surface area contributed by atoms with Gasteiger partial charge in [-0.05, 0) is 30.7 Å². The molecule has 4 aromatic heterocycles. The predicted molar refractivity (Wildman–Crippen MR) is 160 cm³/mol. The predicted octanol–water partition coefficient (Wildman–Crippen LogP) is 1.14. The van der Waals surface area contributed by atoms with Gasteiger partial charge in [-0.3, -0.25) is 33.2 Å². The summed E-state index contributed by atoms with van der Waals surface area (Å²) < 4.78 is 42.8. The minimum atomic E-state index is -4.20. The van der Waals surface area contributed by atoms with Crippen LogP contribution in [-0.4, -0.2) is 75.4 Å². The monoisotopic (exact) mass is 688 g/mol. The quantitative estimate of drug-likeness (QED) is 0.116. The Hall–Kier alpha value is -2.61. The Morgan fingerprint density at radius 2 is 1.93 bits per heavy atom. The Labute approximate surface area is 257 Å². The molecule has 2 aliphatic rings. The number of hydrogen-bond acceptors (Lipinski definition) is 14. The minimum Gasteiger partial charge on any atom is -0.369 e. The van der Waals surface area contributed by atoms with Gasteiger partial charge in [-0.2, -0.15) is 4.98 Å². The molecular weight excluding hydrogens is 662 g/mol. The lowest BCUT2D eigenvalue weighted by Gasteiger charge is -2.24. The lowest BCUT2D eigenvalue weighted by Crippen LogP contribution is -2.29. The summed E-state index contributed by atoms with van der Waals surface area (Å²) in [5, 5.41) is 0.304. The Bertz CT molecular complexity index is 1920. The SMILES string of the molecule is Nc1nc2c(ncn2[C@H]2CC[C@@H](COP(O)(=S)O[C@H]3C[C@H](n4cnc5cnccc5c4=O)OC3COP(=O)(O)S)O2)c(=O)[nH]1. The highest BCUT2D eigenvalue weighted by Crippen LogP contribution is 2.51. The topological polar surface area (TPSA) is 241 Å². The van der Waals surface area contributed by atoms with Gasteiger partial charge in [0.15, 0.2) is 11.2 Å². The van der Waals surface area contributed by atoms with Gasteiger partial charge in [0, 0.05) is 12.6 Å². The number of aromatic nitrogens is 7. The molecule has 3 unspecified atom stereocenters. The van der Waals surface area contributed by atoms with Crippen molar-refractivity contribution >= 4 is 65.6 Å². The van der Waals surface area contributed by atoms with Crippen LogP contribution in [0.2, 0.25) is 0 Å². The average molecular weight is 689 g/mol. The van der Waals surface area contributed by atoms with Crippen LogP contribution in [0, 0.1) is 0 Å². The number of rotatable bonds is 10. The number of nitrogens with zero attached hydrogens (tertiary/aromatic N) is 6. The largest absolute Gasteiger partial charge is 0.383 e. The van der Waals surface area contributed by atoms with Gasteiger partial charge in [0.05, 0.1) is 48.8 Å². The number of fused-ring (bicyclic) bond motifs is 2. The van der Waals surface area contributed by atoms with Gasteiger partial charge in [0.25, 0.3) is 11.1 Å². The molecule has 18 nitrogen and oxygen atoms in total.